The molecule has 0 spiro atoms. The molecule has 4 aromatic rings. The molecule has 2 fully saturated rings. The molecule has 220 valence electrons. The first kappa shape index (κ1) is 28.1. The fourth-order valence-corrected chi connectivity index (χ4v) is 5.59. The lowest BCUT2D eigenvalue weighted by atomic mass is 9.94. The summed E-state index contributed by atoms with van der Waals surface area (Å²) in [7, 11) is 0. The smallest absolute Gasteiger partial charge is 0.407 e. The minimum absolute atomic E-state index is 0.113. The number of rotatable bonds is 7. The minimum Gasteiger partial charge on any atom is -0.465 e. The van der Waals surface area contributed by atoms with E-state index in [-0.39, 0.29) is 36.0 Å². The molecule has 1 aliphatic heterocycles. The topological polar surface area (TPSA) is 134 Å². The zero-order valence-corrected chi connectivity index (χ0v) is 23.9. The van der Waals surface area contributed by atoms with Crippen molar-refractivity contribution in [3.63, 3.8) is 0 Å². The Morgan fingerprint density at radius 1 is 0.884 bits per heavy atom. The number of hydrogen-bond acceptors (Lipinski definition) is 5. The zero-order chi connectivity index (χ0) is 30.1. The van der Waals surface area contributed by atoms with Gasteiger partial charge < -0.3 is 25.2 Å². The second-order valence-corrected chi connectivity index (χ2v) is 11.4. The lowest BCUT2D eigenvalue weighted by Gasteiger charge is -2.30. The third-order valence-corrected chi connectivity index (χ3v) is 8.26. The summed E-state index contributed by atoms with van der Waals surface area (Å²) < 4.78 is 1.54. The number of amides is 3. The standard InChI is InChI=1S/C33H33N5O5/c1-20-2-3-23(30(39)35-24-5-6-24)17-27(20)22-4-7-26-28(16-22)29(19-38(32(26)41)18-21-8-12-34-13-9-21)31(40)36-25-10-14-37(15-11-25)33(42)43/h2-4,7-9,12-13,16-17,19,24-25H,5-6,10-11,14-15,18H2,1H3,(H,35,39)(H,36,40)(H,42,43). The van der Waals surface area contributed by atoms with E-state index in [0.29, 0.717) is 47.8 Å². The highest BCUT2D eigenvalue weighted by atomic mass is 16.4. The molecule has 3 amide bonds. The van der Waals surface area contributed by atoms with Crippen LogP contribution in [0, 0.1) is 6.92 Å². The molecule has 1 aliphatic carbocycles. The van der Waals surface area contributed by atoms with E-state index in [1.165, 1.54) is 9.47 Å². The monoisotopic (exact) mass is 579 g/mol. The summed E-state index contributed by atoms with van der Waals surface area (Å²) in [5.74, 6) is -0.439. The summed E-state index contributed by atoms with van der Waals surface area (Å²) >= 11 is 0. The van der Waals surface area contributed by atoms with Crippen molar-refractivity contribution in [3.8, 4) is 11.1 Å². The van der Waals surface area contributed by atoms with Gasteiger partial charge in [0.15, 0.2) is 0 Å². The van der Waals surface area contributed by atoms with Crippen molar-refractivity contribution in [1.82, 2.24) is 25.1 Å². The largest absolute Gasteiger partial charge is 0.465 e. The molecule has 10 heteroatoms. The number of carbonyl (C=O) groups is 3. The molecule has 10 nitrogen and oxygen atoms in total. The number of hydrogen-bond donors (Lipinski definition) is 3. The number of fused-ring (bicyclic) bond motifs is 1. The lowest BCUT2D eigenvalue weighted by Crippen LogP contribution is -2.46. The maximum Gasteiger partial charge on any atom is 0.407 e. The van der Waals surface area contributed by atoms with Crippen LogP contribution in [-0.4, -0.2) is 62.6 Å². The summed E-state index contributed by atoms with van der Waals surface area (Å²) in [6.45, 7) is 2.92. The van der Waals surface area contributed by atoms with Crippen molar-refractivity contribution in [3.05, 3.63) is 99.7 Å². The first-order valence-corrected chi connectivity index (χ1v) is 14.5. The van der Waals surface area contributed by atoms with Gasteiger partial charge >= 0.3 is 6.09 Å². The van der Waals surface area contributed by atoms with Crippen LogP contribution in [-0.2, 0) is 6.54 Å². The number of piperidine rings is 1. The Labute approximate surface area is 248 Å². The normalized spacial score (nSPS) is 15.3. The van der Waals surface area contributed by atoms with E-state index in [2.05, 4.69) is 15.6 Å². The molecule has 3 N–H and O–H groups in total. The van der Waals surface area contributed by atoms with Crippen molar-refractivity contribution >= 4 is 28.7 Å². The number of nitrogens with zero attached hydrogens (tertiary/aromatic N) is 3. The summed E-state index contributed by atoms with van der Waals surface area (Å²) in [4.78, 5) is 57.0. The second-order valence-electron chi connectivity index (χ2n) is 11.4. The van der Waals surface area contributed by atoms with E-state index in [4.69, 9.17) is 0 Å². The summed E-state index contributed by atoms with van der Waals surface area (Å²) in [6, 6.07) is 14.7. The Balaban J connectivity index is 1.39. The molecule has 6 rings (SSSR count). The van der Waals surface area contributed by atoms with Gasteiger partial charge in [0, 0.05) is 60.1 Å². The van der Waals surface area contributed by atoms with E-state index in [1.807, 2.05) is 49.4 Å². The Kier molecular flexibility index (Phi) is 7.67. The van der Waals surface area contributed by atoms with Crippen molar-refractivity contribution in [2.45, 2.75) is 51.2 Å². The van der Waals surface area contributed by atoms with Crippen LogP contribution in [0.5, 0.6) is 0 Å². The van der Waals surface area contributed by atoms with Gasteiger partial charge in [0.1, 0.15) is 0 Å². The molecule has 0 atom stereocenters. The first-order valence-electron chi connectivity index (χ1n) is 14.5. The molecule has 2 aliphatic rings. The highest BCUT2D eigenvalue weighted by Crippen LogP contribution is 2.29. The molecule has 0 unspecified atom stereocenters. The van der Waals surface area contributed by atoms with Gasteiger partial charge in [-0.1, -0.05) is 12.1 Å². The molecule has 43 heavy (non-hydrogen) atoms. The third kappa shape index (κ3) is 6.13. The maximum absolute atomic E-state index is 13.8. The highest BCUT2D eigenvalue weighted by molar-refractivity contribution is 6.08. The number of carbonyl (C=O) groups excluding carboxylic acids is 2. The number of aromatic nitrogens is 2. The van der Waals surface area contributed by atoms with E-state index in [0.717, 1.165) is 35.1 Å². The molecule has 1 saturated heterocycles. The zero-order valence-electron chi connectivity index (χ0n) is 23.9. The molecule has 3 heterocycles. The molecule has 0 radical (unpaired) electrons. The molecule has 2 aromatic carbocycles. The lowest BCUT2D eigenvalue weighted by molar-refractivity contribution is 0.0906. The van der Waals surface area contributed by atoms with Crippen LogP contribution in [0.3, 0.4) is 0 Å². The summed E-state index contributed by atoms with van der Waals surface area (Å²) in [5.41, 5.74) is 4.17. The van der Waals surface area contributed by atoms with Gasteiger partial charge in [0.25, 0.3) is 17.4 Å². The average molecular weight is 580 g/mol. The van der Waals surface area contributed by atoms with Crippen LogP contribution in [0.1, 0.15) is 57.5 Å². The van der Waals surface area contributed by atoms with Gasteiger partial charge in [0.05, 0.1) is 12.1 Å². The van der Waals surface area contributed by atoms with Gasteiger partial charge in [-0.05, 0) is 91.3 Å². The Morgan fingerprint density at radius 2 is 1.58 bits per heavy atom. The minimum atomic E-state index is -0.962. The Morgan fingerprint density at radius 3 is 2.28 bits per heavy atom. The maximum atomic E-state index is 13.8. The number of pyridine rings is 2. The summed E-state index contributed by atoms with van der Waals surface area (Å²) in [6.07, 6.45) is 6.96. The number of carboxylic acid groups (broad SMARTS) is 1. The van der Waals surface area contributed by atoms with Crippen LogP contribution in [0.15, 0.2) is 71.9 Å². The SMILES string of the molecule is Cc1ccc(C(=O)NC2CC2)cc1-c1ccc2c(=O)n(Cc3ccncc3)cc(C(=O)NC3CCN(C(=O)O)CC3)c2c1. The van der Waals surface area contributed by atoms with Crippen molar-refractivity contribution in [2.24, 2.45) is 0 Å². The number of benzene rings is 2. The van der Waals surface area contributed by atoms with Crippen LogP contribution < -0.4 is 16.2 Å². The quantitative estimate of drug-likeness (QED) is 0.301. The van der Waals surface area contributed by atoms with Crippen LogP contribution in [0.25, 0.3) is 21.9 Å². The van der Waals surface area contributed by atoms with Crippen molar-refractivity contribution in [1.29, 1.82) is 0 Å². The molecular formula is C33H33N5O5. The second kappa shape index (κ2) is 11.7. The van der Waals surface area contributed by atoms with Crippen LogP contribution in [0.2, 0.25) is 0 Å². The van der Waals surface area contributed by atoms with Gasteiger partial charge in [-0.3, -0.25) is 19.4 Å². The van der Waals surface area contributed by atoms with E-state index >= 15 is 0 Å². The van der Waals surface area contributed by atoms with E-state index in [1.54, 1.807) is 24.7 Å². The molecule has 0 bridgehead atoms. The first-order chi connectivity index (χ1) is 20.8. The van der Waals surface area contributed by atoms with Crippen molar-refractivity contribution in [2.75, 3.05) is 13.1 Å². The number of nitrogens with one attached hydrogen (secondary N) is 2. The van der Waals surface area contributed by atoms with Crippen LogP contribution in [0.4, 0.5) is 4.79 Å². The molecule has 1 saturated carbocycles. The van der Waals surface area contributed by atoms with Gasteiger partial charge in [-0.2, -0.15) is 0 Å². The number of aryl methyl sites for hydroxylation is 1. The van der Waals surface area contributed by atoms with Gasteiger partial charge in [0.2, 0.25) is 0 Å². The fourth-order valence-electron chi connectivity index (χ4n) is 5.59. The summed E-state index contributed by atoms with van der Waals surface area (Å²) in [5, 5.41) is 16.3. The van der Waals surface area contributed by atoms with E-state index in [9.17, 15) is 24.3 Å². The van der Waals surface area contributed by atoms with Gasteiger partial charge in [-0.25, -0.2) is 4.79 Å². The molecular weight excluding hydrogens is 546 g/mol. The number of likely N-dealkylation sites (tertiary alicyclic amines) is 1. The van der Waals surface area contributed by atoms with Crippen molar-refractivity contribution < 1.29 is 19.5 Å². The average Bonchev–Trinajstić information content (AvgIpc) is 3.83. The van der Waals surface area contributed by atoms with Gasteiger partial charge in [-0.15, -0.1) is 0 Å². The third-order valence-electron chi connectivity index (χ3n) is 8.26. The Bertz CT molecular complexity index is 1770. The highest BCUT2D eigenvalue weighted by Gasteiger charge is 2.26. The van der Waals surface area contributed by atoms with E-state index < -0.39 is 6.09 Å². The molecule has 2 aromatic heterocycles. The predicted molar refractivity (Wildman–Crippen MR) is 162 cm³/mol. The van der Waals surface area contributed by atoms with Crippen LogP contribution >= 0.6 is 0 Å². The fraction of sp³-hybridized carbons (Fsp3) is 0.303. The Hall–Kier alpha value is -4.99. The predicted octanol–water partition coefficient (Wildman–Crippen LogP) is 4.18.